The van der Waals surface area contributed by atoms with Gasteiger partial charge in [-0.3, -0.25) is 0 Å². The molecule has 9 nitrogen and oxygen atoms in total. The first kappa shape index (κ1) is 24.4. The number of hydrogen-bond donors (Lipinski definition) is 1. The quantitative estimate of drug-likeness (QED) is 0.625. The van der Waals surface area contributed by atoms with Gasteiger partial charge in [0.25, 0.3) is 0 Å². The van der Waals surface area contributed by atoms with Crippen LogP contribution in [-0.4, -0.2) is 55.5 Å². The van der Waals surface area contributed by atoms with Gasteiger partial charge in [-0.15, -0.1) is 10.2 Å². The van der Waals surface area contributed by atoms with Gasteiger partial charge in [-0.1, -0.05) is 6.92 Å². The molecular weight excluding hydrogens is 482 g/mol. The van der Waals surface area contributed by atoms with Crippen molar-refractivity contribution in [2.45, 2.75) is 81.8 Å². The number of nitrogens with zero attached hydrogens (tertiary/aromatic N) is 6. The van der Waals surface area contributed by atoms with E-state index in [1.54, 1.807) is 17.9 Å². The van der Waals surface area contributed by atoms with Crippen molar-refractivity contribution in [1.29, 1.82) is 5.26 Å². The van der Waals surface area contributed by atoms with Crippen molar-refractivity contribution in [3.05, 3.63) is 35.6 Å². The monoisotopic (exact) mass is 507 g/mol. The molecule has 7 atom stereocenters. The first-order valence-electron chi connectivity index (χ1n) is 11.9. The number of fused-ring (bicyclic) bond motifs is 2. The highest BCUT2D eigenvalue weighted by atomic mass is 19.4. The standard InChI is InChI=1S/C23H25F4N7O2/c1-11-5-14-9-22(8-11,20-33-32-12(2)36-20)34(14)21(35)31-18-6-15(16(7-17(18)24)23(25,26)27)19-29-4-3-13(10-28)30-19/h3-4,11,14-18H,5-9H2,1-2H3,(H,31,35)/t11?,14-,15?,16?,17?,18?,22?/m1/s1. The maximum Gasteiger partial charge on any atom is 0.392 e. The molecule has 1 N–H and O–H groups in total. The van der Waals surface area contributed by atoms with Gasteiger partial charge in [-0.2, -0.15) is 18.4 Å². The summed E-state index contributed by atoms with van der Waals surface area (Å²) in [6.45, 7) is 3.71. The first-order chi connectivity index (χ1) is 17.0. The number of halogens is 4. The summed E-state index contributed by atoms with van der Waals surface area (Å²) in [5.74, 6) is -2.56. The average Bonchev–Trinajstić information content (AvgIpc) is 3.25. The summed E-state index contributed by atoms with van der Waals surface area (Å²) in [5, 5.41) is 19.8. The summed E-state index contributed by atoms with van der Waals surface area (Å²) in [4.78, 5) is 22.9. The zero-order valence-corrected chi connectivity index (χ0v) is 19.7. The number of alkyl halides is 4. The molecule has 2 saturated carbocycles. The number of aromatic nitrogens is 4. The molecule has 0 aromatic carbocycles. The van der Waals surface area contributed by atoms with E-state index in [2.05, 4.69) is 32.4 Å². The van der Waals surface area contributed by atoms with Gasteiger partial charge in [0.1, 0.15) is 29.3 Å². The summed E-state index contributed by atoms with van der Waals surface area (Å²) in [5.41, 5.74) is -0.894. The average molecular weight is 507 g/mol. The van der Waals surface area contributed by atoms with E-state index in [9.17, 15) is 18.0 Å². The van der Waals surface area contributed by atoms with Crippen LogP contribution in [0.15, 0.2) is 16.7 Å². The van der Waals surface area contributed by atoms with E-state index < -0.39 is 48.2 Å². The van der Waals surface area contributed by atoms with Crippen LogP contribution >= 0.6 is 0 Å². The van der Waals surface area contributed by atoms with Gasteiger partial charge in [-0.25, -0.2) is 19.2 Å². The second kappa shape index (κ2) is 8.67. The number of nitrogens with one attached hydrogen (secondary N) is 1. The zero-order valence-electron chi connectivity index (χ0n) is 19.7. The molecule has 2 aromatic heterocycles. The molecule has 2 aromatic rings. The van der Waals surface area contributed by atoms with E-state index in [-0.39, 0.29) is 24.0 Å². The van der Waals surface area contributed by atoms with Crippen molar-refractivity contribution in [3.63, 3.8) is 0 Å². The van der Waals surface area contributed by atoms with Crippen LogP contribution in [0.2, 0.25) is 0 Å². The topological polar surface area (TPSA) is 121 Å². The van der Waals surface area contributed by atoms with Gasteiger partial charge in [0.15, 0.2) is 0 Å². The molecule has 192 valence electrons. The van der Waals surface area contributed by atoms with Crippen molar-refractivity contribution < 1.29 is 26.8 Å². The molecule has 2 amide bonds. The van der Waals surface area contributed by atoms with Crippen LogP contribution in [-0.2, 0) is 5.54 Å². The van der Waals surface area contributed by atoms with E-state index in [4.69, 9.17) is 9.68 Å². The Bertz CT molecular complexity index is 1200. The molecule has 2 bridgehead atoms. The Kier molecular flexibility index (Phi) is 5.88. The lowest BCUT2D eigenvalue weighted by Gasteiger charge is -2.61. The Balaban J connectivity index is 1.39. The molecule has 36 heavy (non-hydrogen) atoms. The van der Waals surface area contributed by atoms with Gasteiger partial charge >= 0.3 is 12.2 Å². The van der Waals surface area contributed by atoms with Crippen LogP contribution in [0.5, 0.6) is 0 Å². The predicted molar refractivity (Wildman–Crippen MR) is 115 cm³/mol. The van der Waals surface area contributed by atoms with Crippen LogP contribution in [0.3, 0.4) is 0 Å². The second-order valence-corrected chi connectivity index (χ2v) is 10.1. The molecule has 1 saturated heterocycles. The number of piperidine rings is 1. The third-order valence-electron chi connectivity index (χ3n) is 7.66. The lowest BCUT2D eigenvalue weighted by atomic mass is 9.64. The minimum atomic E-state index is -4.69. The van der Waals surface area contributed by atoms with E-state index in [1.807, 2.05) is 0 Å². The summed E-state index contributed by atoms with van der Waals surface area (Å²) in [6.07, 6.45) is -4.62. The van der Waals surface area contributed by atoms with E-state index in [1.165, 1.54) is 12.3 Å². The molecule has 5 rings (SSSR count). The minimum Gasteiger partial charge on any atom is -0.423 e. The molecule has 3 heterocycles. The summed E-state index contributed by atoms with van der Waals surface area (Å²) < 4.78 is 62.3. The largest absolute Gasteiger partial charge is 0.423 e. The number of nitriles is 1. The number of aryl methyl sites for hydroxylation is 1. The fourth-order valence-electron chi connectivity index (χ4n) is 6.23. The molecule has 3 aliphatic rings. The van der Waals surface area contributed by atoms with Crippen molar-refractivity contribution in [2.24, 2.45) is 11.8 Å². The normalized spacial score (nSPS) is 34.0. The molecule has 1 aliphatic heterocycles. The lowest BCUT2D eigenvalue weighted by Crippen LogP contribution is -2.72. The highest BCUT2D eigenvalue weighted by Crippen LogP contribution is 2.55. The summed E-state index contributed by atoms with van der Waals surface area (Å²) in [7, 11) is 0. The number of hydrogen-bond acceptors (Lipinski definition) is 7. The van der Waals surface area contributed by atoms with Crippen molar-refractivity contribution >= 4 is 6.03 Å². The Hall–Kier alpha value is -3.30. The molecule has 2 aliphatic carbocycles. The van der Waals surface area contributed by atoms with Gasteiger partial charge in [-0.05, 0) is 37.7 Å². The van der Waals surface area contributed by atoms with E-state index in [0.717, 1.165) is 6.42 Å². The molecule has 6 unspecified atom stereocenters. The predicted octanol–water partition coefficient (Wildman–Crippen LogP) is 3.91. The Morgan fingerprint density at radius 1 is 1.28 bits per heavy atom. The third kappa shape index (κ3) is 4.06. The van der Waals surface area contributed by atoms with E-state index in [0.29, 0.717) is 30.5 Å². The molecule has 0 spiro atoms. The number of rotatable bonds is 3. The molecule has 13 heteroatoms. The number of amides is 2. The van der Waals surface area contributed by atoms with Crippen LogP contribution in [0, 0.1) is 30.1 Å². The number of likely N-dealkylation sites (tertiary alicyclic amines) is 1. The van der Waals surface area contributed by atoms with Crippen LogP contribution in [0.4, 0.5) is 22.4 Å². The van der Waals surface area contributed by atoms with Crippen LogP contribution in [0.25, 0.3) is 0 Å². The fourth-order valence-corrected chi connectivity index (χ4v) is 6.23. The third-order valence-corrected chi connectivity index (χ3v) is 7.66. The smallest absolute Gasteiger partial charge is 0.392 e. The van der Waals surface area contributed by atoms with Gasteiger partial charge < -0.3 is 14.6 Å². The van der Waals surface area contributed by atoms with Gasteiger partial charge in [0, 0.05) is 31.5 Å². The number of carbonyl (C=O) groups is 1. The van der Waals surface area contributed by atoms with Crippen LogP contribution < -0.4 is 5.32 Å². The van der Waals surface area contributed by atoms with Crippen molar-refractivity contribution in [2.75, 3.05) is 0 Å². The Labute approximate surface area is 204 Å². The molecule has 0 radical (unpaired) electrons. The Morgan fingerprint density at radius 2 is 2.06 bits per heavy atom. The SMILES string of the molecule is Cc1nnc(C23CC(C)C[C@H](C2)N3C(=O)NC2CC(c3nccc(C#N)n3)C(C(F)(F)F)CC2F)o1. The maximum absolute atomic E-state index is 15.1. The lowest BCUT2D eigenvalue weighted by molar-refractivity contribution is -0.194. The minimum absolute atomic E-state index is 0.0804. The molecular formula is C23H25F4N7O2. The van der Waals surface area contributed by atoms with Gasteiger partial charge in [0.2, 0.25) is 11.8 Å². The van der Waals surface area contributed by atoms with Crippen molar-refractivity contribution in [3.8, 4) is 6.07 Å². The van der Waals surface area contributed by atoms with Crippen molar-refractivity contribution in [1.82, 2.24) is 30.4 Å². The number of urea groups is 1. The second-order valence-electron chi connectivity index (χ2n) is 10.1. The molecule has 3 fully saturated rings. The van der Waals surface area contributed by atoms with Crippen LogP contribution in [0.1, 0.15) is 68.2 Å². The first-order valence-corrected chi connectivity index (χ1v) is 11.9. The highest BCUT2D eigenvalue weighted by molar-refractivity contribution is 5.77. The summed E-state index contributed by atoms with van der Waals surface area (Å²) in [6, 6.07) is 1.20. The highest BCUT2D eigenvalue weighted by Gasteiger charge is 2.62. The zero-order chi connectivity index (χ0) is 25.8. The summed E-state index contributed by atoms with van der Waals surface area (Å²) >= 11 is 0. The maximum atomic E-state index is 15.1. The van der Waals surface area contributed by atoms with E-state index >= 15 is 4.39 Å². The number of carbonyl (C=O) groups excluding carboxylic acids is 1. The van der Waals surface area contributed by atoms with Gasteiger partial charge in [0.05, 0.1) is 12.0 Å². The fraction of sp³-hybridized carbons (Fsp3) is 0.652. The Morgan fingerprint density at radius 3 is 2.72 bits per heavy atom.